The molecule has 11 heteroatoms. The lowest BCUT2D eigenvalue weighted by atomic mass is 9.95. The number of allylic oxidation sites excluding steroid dienone is 1. The Morgan fingerprint density at radius 3 is 2.18 bits per heavy atom. The number of carbonyl (C=O) groups excluding carboxylic acids is 1. The zero-order chi connectivity index (χ0) is 28.4. The highest BCUT2D eigenvalue weighted by Crippen LogP contribution is 2.31. The number of benzene rings is 3. The molecule has 1 amide bonds. The van der Waals surface area contributed by atoms with Gasteiger partial charge in [-0.25, -0.2) is 0 Å². The molecule has 39 heavy (non-hydrogen) atoms. The predicted octanol–water partition coefficient (Wildman–Crippen LogP) is 5.94. The highest BCUT2D eigenvalue weighted by Gasteiger charge is 2.23. The van der Waals surface area contributed by atoms with E-state index < -0.39 is 5.91 Å². The van der Waals surface area contributed by atoms with Crippen LogP contribution in [0.25, 0.3) is 5.76 Å². The van der Waals surface area contributed by atoms with Gasteiger partial charge in [0.15, 0.2) is 11.5 Å². The summed E-state index contributed by atoms with van der Waals surface area (Å²) < 4.78 is 5.89. The molecule has 0 saturated heterocycles. The first-order chi connectivity index (χ1) is 18.8. The summed E-state index contributed by atoms with van der Waals surface area (Å²) in [6.07, 6.45) is 0. The SMILES string of the molecule is CCON=C(C(C)=C(ON)c1ccccc1C(=NOC)C(=O)NC)c1ccc(Oc2ccc(Cl)c(Cl)c2)cc1. The van der Waals surface area contributed by atoms with E-state index in [1.165, 1.54) is 14.2 Å². The van der Waals surface area contributed by atoms with Crippen LogP contribution in [0.15, 0.2) is 82.6 Å². The lowest BCUT2D eigenvalue weighted by molar-refractivity contribution is -0.114. The normalized spacial score (nSPS) is 12.4. The maximum Gasteiger partial charge on any atom is 0.273 e. The van der Waals surface area contributed by atoms with Crippen LogP contribution in [0.5, 0.6) is 11.5 Å². The summed E-state index contributed by atoms with van der Waals surface area (Å²) in [5.74, 6) is 6.69. The first kappa shape index (κ1) is 29.5. The van der Waals surface area contributed by atoms with Crippen molar-refractivity contribution in [3.05, 3.63) is 99.0 Å². The van der Waals surface area contributed by atoms with Gasteiger partial charge in [-0.15, -0.1) is 0 Å². The number of halogens is 2. The van der Waals surface area contributed by atoms with Crippen LogP contribution >= 0.6 is 23.2 Å². The molecule has 204 valence electrons. The smallest absolute Gasteiger partial charge is 0.273 e. The molecule has 0 saturated carbocycles. The number of hydrogen-bond acceptors (Lipinski definition) is 8. The number of nitrogens with zero attached hydrogens (tertiary/aromatic N) is 2. The van der Waals surface area contributed by atoms with Crippen LogP contribution in [0, 0.1) is 0 Å². The molecule has 3 N–H and O–H groups in total. The molecule has 0 aromatic heterocycles. The summed E-state index contributed by atoms with van der Waals surface area (Å²) in [4.78, 5) is 28.2. The molecule has 3 aromatic rings. The summed E-state index contributed by atoms with van der Waals surface area (Å²) in [7, 11) is 2.86. The second kappa shape index (κ2) is 14.2. The number of nitrogens with two attached hydrogens (primary N) is 1. The minimum atomic E-state index is -0.445. The maximum atomic E-state index is 12.6. The number of nitrogens with one attached hydrogen (secondary N) is 1. The van der Waals surface area contributed by atoms with Gasteiger partial charge in [0, 0.05) is 35.4 Å². The topological polar surface area (TPSA) is 117 Å². The molecular formula is C28H28Cl2N4O5. The lowest BCUT2D eigenvalue weighted by Crippen LogP contribution is -2.29. The molecule has 0 heterocycles. The van der Waals surface area contributed by atoms with E-state index in [0.717, 1.165) is 0 Å². The quantitative estimate of drug-likeness (QED) is 0.167. The fourth-order valence-corrected chi connectivity index (χ4v) is 3.88. The Labute approximate surface area is 236 Å². The zero-order valence-electron chi connectivity index (χ0n) is 21.8. The molecular weight excluding hydrogens is 543 g/mol. The van der Waals surface area contributed by atoms with Gasteiger partial charge < -0.3 is 24.6 Å². The Morgan fingerprint density at radius 1 is 0.923 bits per heavy atom. The van der Waals surface area contributed by atoms with Gasteiger partial charge in [-0.05, 0) is 50.2 Å². The van der Waals surface area contributed by atoms with Crippen molar-refractivity contribution in [1.82, 2.24) is 5.32 Å². The second-order valence-corrected chi connectivity index (χ2v) is 8.69. The summed E-state index contributed by atoms with van der Waals surface area (Å²) >= 11 is 12.1. The van der Waals surface area contributed by atoms with Crippen molar-refractivity contribution >= 4 is 46.3 Å². The van der Waals surface area contributed by atoms with Crippen molar-refractivity contribution in [1.29, 1.82) is 0 Å². The molecule has 0 aliphatic rings. The first-order valence-electron chi connectivity index (χ1n) is 11.8. The molecule has 0 radical (unpaired) electrons. The maximum absolute atomic E-state index is 12.6. The molecule has 9 nitrogen and oxygen atoms in total. The van der Waals surface area contributed by atoms with Crippen molar-refractivity contribution in [3.63, 3.8) is 0 Å². The Kier molecular flexibility index (Phi) is 10.7. The Bertz CT molecular complexity index is 1410. The van der Waals surface area contributed by atoms with Gasteiger partial charge in [0.1, 0.15) is 30.9 Å². The van der Waals surface area contributed by atoms with E-state index in [1.807, 2.05) is 19.1 Å². The monoisotopic (exact) mass is 570 g/mol. The van der Waals surface area contributed by atoms with Gasteiger partial charge in [-0.1, -0.05) is 57.8 Å². The Hall–Kier alpha value is -4.05. The number of hydrogen-bond donors (Lipinski definition) is 2. The Morgan fingerprint density at radius 2 is 1.59 bits per heavy atom. The van der Waals surface area contributed by atoms with Gasteiger partial charge in [0.2, 0.25) is 0 Å². The van der Waals surface area contributed by atoms with Crippen LogP contribution in [0.1, 0.15) is 30.5 Å². The van der Waals surface area contributed by atoms with Crippen molar-refractivity contribution in [2.24, 2.45) is 16.2 Å². The number of rotatable bonds is 11. The van der Waals surface area contributed by atoms with Crippen molar-refractivity contribution in [2.75, 3.05) is 20.8 Å². The predicted molar refractivity (Wildman–Crippen MR) is 153 cm³/mol. The van der Waals surface area contributed by atoms with E-state index in [0.29, 0.717) is 56.1 Å². The number of likely N-dealkylation sites (N-methyl/N-ethyl adjacent to an activating group) is 1. The molecule has 3 aromatic carbocycles. The molecule has 0 unspecified atom stereocenters. The van der Waals surface area contributed by atoms with Gasteiger partial charge in [0.25, 0.3) is 5.91 Å². The van der Waals surface area contributed by atoms with Crippen molar-refractivity contribution < 1.29 is 24.0 Å². The lowest BCUT2D eigenvalue weighted by Gasteiger charge is -2.16. The molecule has 0 atom stereocenters. The first-order valence-corrected chi connectivity index (χ1v) is 12.5. The van der Waals surface area contributed by atoms with E-state index in [9.17, 15) is 4.79 Å². The highest BCUT2D eigenvalue weighted by atomic mass is 35.5. The Balaban J connectivity index is 2.06. The molecule has 0 bridgehead atoms. The average molecular weight is 571 g/mol. The molecule has 0 aliphatic heterocycles. The fourth-order valence-electron chi connectivity index (χ4n) is 3.60. The standard InChI is InChI=1S/C28H28Cl2N4O5/c1-5-37-34-25(18-10-12-19(13-11-18)38-20-14-15-23(29)24(30)16-20)17(2)27(39-31)22-9-7-6-8-21(22)26(33-36-4)28(35)32-3/h6-16H,5,31H2,1-4H3,(H,32,35). The van der Waals surface area contributed by atoms with Crippen LogP contribution < -0.4 is 16.0 Å². The van der Waals surface area contributed by atoms with Crippen LogP contribution in [-0.2, 0) is 19.3 Å². The van der Waals surface area contributed by atoms with Crippen LogP contribution in [0.3, 0.4) is 0 Å². The van der Waals surface area contributed by atoms with Crippen LogP contribution in [-0.4, -0.2) is 38.1 Å². The van der Waals surface area contributed by atoms with Crippen LogP contribution in [0.2, 0.25) is 10.0 Å². The highest BCUT2D eigenvalue weighted by molar-refractivity contribution is 6.46. The fraction of sp³-hybridized carbons (Fsp3) is 0.179. The summed E-state index contributed by atoms with van der Waals surface area (Å²) in [5.41, 5.74) is 2.69. The number of amides is 1. The van der Waals surface area contributed by atoms with Crippen molar-refractivity contribution in [2.45, 2.75) is 13.8 Å². The molecule has 3 rings (SSSR count). The van der Waals surface area contributed by atoms with E-state index in [4.69, 9.17) is 48.3 Å². The van der Waals surface area contributed by atoms with Crippen LogP contribution in [0.4, 0.5) is 0 Å². The third-order valence-corrected chi connectivity index (χ3v) is 6.14. The van der Waals surface area contributed by atoms with E-state index >= 15 is 0 Å². The van der Waals surface area contributed by atoms with Gasteiger partial charge in [0.05, 0.1) is 10.0 Å². The summed E-state index contributed by atoms with van der Waals surface area (Å²) in [5, 5.41) is 11.6. The summed E-state index contributed by atoms with van der Waals surface area (Å²) in [6, 6.07) is 19.2. The molecule has 0 aliphatic carbocycles. The van der Waals surface area contributed by atoms with Gasteiger partial charge in [-0.2, -0.15) is 5.90 Å². The molecule has 0 fully saturated rings. The van der Waals surface area contributed by atoms with Gasteiger partial charge in [-0.3, -0.25) is 4.79 Å². The minimum Gasteiger partial charge on any atom is -0.457 e. The second-order valence-electron chi connectivity index (χ2n) is 7.88. The third kappa shape index (κ3) is 7.29. The van der Waals surface area contributed by atoms with Crippen molar-refractivity contribution in [3.8, 4) is 11.5 Å². The average Bonchev–Trinajstić information content (AvgIpc) is 2.95. The number of carbonyl (C=O) groups is 1. The number of oxime groups is 2. The van der Waals surface area contributed by atoms with E-state index in [2.05, 4.69) is 15.6 Å². The van der Waals surface area contributed by atoms with E-state index in [1.54, 1.807) is 61.5 Å². The van der Waals surface area contributed by atoms with E-state index in [-0.39, 0.29) is 11.5 Å². The minimum absolute atomic E-state index is 0.0463. The largest absolute Gasteiger partial charge is 0.457 e. The molecule has 0 spiro atoms. The number of ether oxygens (including phenoxy) is 1. The van der Waals surface area contributed by atoms with Gasteiger partial charge >= 0.3 is 0 Å². The third-order valence-electron chi connectivity index (χ3n) is 5.40. The summed E-state index contributed by atoms with van der Waals surface area (Å²) in [6.45, 7) is 3.94. The zero-order valence-corrected chi connectivity index (χ0v) is 23.3.